The van der Waals surface area contributed by atoms with E-state index in [0.29, 0.717) is 0 Å². The van der Waals surface area contributed by atoms with Crippen molar-refractivity contribution in [3.05, 3.63) is 0 Å². The molecule has 1 aliphatic rings. The standard InChI is InChI=1S/C10H16F2O4S/c1-2-16-9(13)8-3-5-10(11,6-4-8)7-17(12,14)15/h8H,2-7H2,1H3. The summed E-state index contributed by atoms with van der Waals surface area (Å²) in [6.07, 6.45) is 0.148. The van der Waals surface area contributed by atoms with Gasteiger partial charge >= 0.3 is 16.2 Å². The number of carbonyl (C=O) groups is 1. The lowest BCUT2D eigenvalue weighted by Crippen LogP contribution is -2.37. The molecular weight excluding hydrogens is 254 g/mol. The Morgan fingerprint density at radius 2 is 1.94 bits per heavy atom. The van der Waals surface area contributed by atoms with Crippen molar-refractivity contribution in [3.8, 4) is 0 Å². The van der Waals surface area contributed by atoms with Crippen molar-refractivity contribution in [2.75, 3.05) is 12.4 Å². The third-order valence-electron chi connectivity index (χ3n) is 2.93. The largest absolute Gasteiger partial charge is 0.466 e. The highest BCUT2D eigenvalue weighted by molar-refractivity contribution is 7.86. The lowest BCUT2D eigenvalue weighted by atomic mass is 9.81. The van der Waals surface area contributed by atoms with Gasteiger partial charge in [-0.2, -0.15) is 8.42 Å². The van der Waals surface area contributed by atoms with Crippen LogP contribution in [-0.4, -0.2) is 32.4 Å². The van der Waals surface area contributed by atoms with Crippen LogP contribution in [0.2, 0.25) is 0 Å². The summed E-state index contributed by atoms with van der Waals surface area (Å²) in [7, 11) is -4.82. The number of ether oxygens (including phenoxy) is 1. The molecule has 0 bridgehead atoms. The Kier molecular flexibility index (Phi) is 4.46. The van der Waals surface area contributed by atoms with Crippen molar-refractivity contribution in [2.24, 2.45) is 5.92 Å². The zero-order chi connectivity index (χ0) is 13.1. The first-order chi connectivity index (χ1) is 7.76. The van der Waals surface area contributed by atoms with Crippen molar-refractivity contribution in [1.82, 2.24) is 0 Å². The first kappa shape index (κ1) is 14.3. The van der Waals surface area contributed by atoms with Crippen molar-refractivity contribution in [1.29, 1.82) is 0 Å². The predicted octanol–water partition coefficient (Wildman–Crippen LogP) is 1.75. The Balaban J connectivity index is 2.52. The fraction of sp³-hybridized carbons (Fsp3) is 0.900. The monoisotopic (exact) mass is 270 g/mol. The van der Waals surface area contributed by atoms with Gasteiger partial charge in [0.1, 0.15) is 11.4 Å². The maximum Gasteiger partial charge on any atom is 0.308 e. The minimum Gasteiger partial charge on any atom is -0.466 e. The molecule has 0 spiro atoms. The van der Waals surface area contributed by atoms with Crippen LogP contribution in [0.5, 0.6) is 0 Å². The molecular formula is C10H16F2O4S. The molecule has 1 saturated carbocycles. The summed E-state index contributed by atoms with van der Waals surface area (Å²) >= 11 is 0. The third kappa shape index (κ3) is 4.57. The van der Waals surface area contributed by atoms with Gasteiger partial charge in [0.05, 0.1) is 12.5 Å². The molecule has 1 aliphatic carbocycles. The van der Waals surface area contributed by atoms with Crippen LogP contribution in [0.25, 0.3) is 0 Å². The fourth-order valence-electron chi connectivity index (χ4n) is 2.08. The number of esters is 1. The molecule has 17 heavy (non-hydrogen) atoms. The van der Waals surface area contributed by atoms with Gasteiger partial charge in [-0.15, -0.1) is 3.89 Å². The summed E-state index contributed by atoms with van der Waals surface area (Å²) in [4.78, 5) is 11.4. The van der Waals surface area contributed by atoms with Crippen molar-refractivity contribution < 1.29 is 26.2 Å². The van der Waals surface area contributed by atoms with Gasteiger partial charge in [0, 0.05) is 0 Å². The van der Waals surface area contributed by atoms with Crippen LogP contribution >= 0.6 is 0 Å². The molecule has 4 nitrogen and oxygen atoms in total. The van der Waals surface area contributed by atoms with E-state index in [2.05, 4.69) is 0 Å². The topological polar surface area (TPSA) is 60.4 Å². The van der Waals surface area contributed by atoms with Gasteiger partial charge in [-0.1, -0.05) is 0 Å². The first-order valence-electron chi connectivity index (χ1n) is 5.54. The average Bonchev–Trinajstić information content (AvgIpc) is 2.15. The maximum absolute atomic E-state index is 13.9. The fourth-order valence-corrected chi connectivity index (χ4v) is 2.99. The van der Waals surface area contributed by atoms with E-state index >= 15 is 0 Å². The molecule has 0 aromatic rings. The predicted molar refractivity (Wildman–Crippen MR) is 57.3 cm³/mol. The highest BCUT2D eigenvalue weighted by atomic mass is 32.3. The van der Waals surface area contributed by atoms with Gasteiger partial charge in [-0.3, -0.25) is 4.79 Å². The number of hydrogen-bond donors (Lipinski definition) is 0. The van der Waals surface area contributed by atoms with Crippen molar-refractivity contribution in [3.63, 3.8) is 0 Å². The highest BCUT2D eigenvalue weighted by Gasteiger charge is 2.41. The molecule has 0 heterocycles. The zero-order valence-corrected chi connectivity index (χ0v) is 10.4. The van der Waals surface area contributed by atoms with Gasteiger partial charge in [0.15, 0.2) is 0 Å². The number of carbonyl (C=O) groups excluding carboxylic acids is 1. The van der Waals surface area contributed by atoms with Crippen LogP contribution in [0.3, 0.4) is 0 Å². The minimum atomic E-state index is -4.82. The normalized spacial score (nSPS) is 29.9. The van der Waals surface area contributed by atoms with Gasteiger partial charge in [0.25, 0.3) is 0 Å². The van der Waals surface area contributed by atoms with Crippen molar-refractivity contribution >= 4 is 16.2 Å². The number of alkyl halides is 1. The summed E-state index contributed by atoms with van der Waals surface area (Å²) in [5.41, 5.74) is -2.05. The Morgan fingerprint density at radius 1 is 1.41 bits per heavy atom. The van der Waals surface area contributed by atoms with E-state index in [1.807, 2.05) is 0 Å². The van der Waals surface area contributed by atoms with Crippen LogP contribution in [0.1, 0.15) is 32.6 Å². The lowest BCUT2D eigenvalue weighted by Gasteiger charge is -2.31. The molecule has 1 rings (SSSR count). The first-order valence-corrected chi connectivity index (χ1v) is 7.09. The van der Waals surface area contributed by atoms with Gasteiger partial charge in [-0.25, -0.2) is 4.39 Å². The van der Waals surface area contributed by atoms with E-state index in [-0.39, 0.29) is 32.3 Å². The van der Waals surface area contributed by atoms with E-state index in [9.17, 15) is 21.5 Å². The van der Waals surface area contributed by atoms with Gasteiger partial charge in [-0.05, 0) is 32.6 Å². The van der Waals surface area contributed by atoms with E-state index < -0.39 is 33.5 Å². The van der Waals surface area contributed by atoms with E-state index in [1.54, 1.807) is 6.92 Å². The number of rotatable bonds is 4. The second-order valence-electron chi connectivity index (χ2n) is 4.36. The molecule has 0 aliphatic heterocycles. The lowest BCUT2D eigenvalue weighted by molar-refractivity contribution is -0.150. The molecule has 0 radical (unpaired) electrons. The second kappa shape index (κ2) is 5.29. The quantitative estimate of drug-likeness (QED) is 0.577. The van der Waals surface area contributed by atoms with Crippen LogP contribution in [0.4, 0.5) is 8.28 Å². The average molecular weight is 270 g/mol. The van der Waals surface area contributed by atoms with E-state index in [4.69, 9.17) is 4.74 Å². The third-order valence-corrected chi connectivity index (χ3v) is 3.79. The summed E-state index contributed by atoms with van der Waals surface area (Å²) in [5, 5.41) is 0. The zero-order valence-electron chi connectivity index (χ0n) is 9.62. The van der Waals surface area contributed by atoms with Crippen LogP contribution in [0.15, 0.2) is 0 Å². The smallest absolute Gasteiger partial charge is 0.308 e. The number of halogens is 2. The molecule has 0 amide bonds. The summed E-state index contributed by atoms with van der Waals surface area (Å²) < 4.78 is 52.0. The highest BCUT2D eigenvalue weighted by Crippen LogP contribution is 2.36. The molecule has 0 saturated heterocycles. The van der Waals surface area contributed by atoms with E-state index in [0.717, 1.165) is 0 Å². The second-order valence-corrected chi connectivity index (χ2v) is 5.73. The summed E-state index contributed by atoms with van der Waals surface area (Å²) in [6.45, 7) is 1.94. The van der Waals surface area contributed by atoms with Gasteiger partial charge in [0.2, 0.25) is 0 Å². The Morgan fingerprint density at radius 3 is 2.35 bits per heavy atom. The Hall–Kier alpha value is -0.720. The molecule has 0 aromatic carbocycles. The molecule has 0 unspecified atom stereocenters. The summed E-state index contributed by atoms with van der Waals surface area (Å²) in [5.74, 6) is -1.91. The molecule has 1 fully saturated rings. The minimum absolute atomic E-state index is 0.125. The molecule has 100 valence electrons. The summed E-state index contributed by atoms with van der Waals surface area (Å²) in [6, 6.07) is 0. The molecule has 0 atom stereocenters. The van der Waals surface area contributed by atoms with Crippen LogP contribution in [-0.2, 0) is 19.8 Å². The number of hydrogen-bond acceptors (Lipinski definition) is 4. The molecule has 0 aromatic heterocycles. The SMILES string of the molecule is CCOC(=O)C1CCC(F)(CS(=O)(=O)F)CC1. The van der Waals surface area contributed by atoms with Crippen LogP contribution in [0, 0.1) is 5.92 Å². The van der Waals surface area contributed by atoms with E-state index in [1.165, 1.54) is 0 Å². The van der Waals surface area contributed by atoms with Crippen LogP contribution < -0.4 is 0 Å². The molecule has 0 N–H and O–H groups in total. The Bertz CT molecular complexity index is 372. The van der Waals surface area contributed by atoms with Crippen molar-refractivity contribution in [2.45, 2.75) is 38.3 Å². The molecule has 7 heteroatoms. The maximum atomic E-state index is 13.9. The Labute approximate surface area is 99.5 Å². The van der Waals surface area contributed by atoms with Gasteiger partial charge < -0.3 is 4.74 Å².